The third kappa shape index (κ3) is 2.48. The molecular weight excluding hydrogens is 308 g/mol. The Hall–Kier alpha value is -2.94. The van der Waals surface area contributed by atoms with Crippen LogP contribution in [0.25, 0.3) is 0 Å². The highest BCUT2D eigenvalue weighted by molar-refractivity contribution is 5.99. The van der Waals surface area contributed by atoms with Gasteiger partial charge in [-0.1, -0.05) is 6.07 Å². The second-order valence-corrected chi connectivity index (χ2v) is 5.65. The van der Waals surface area contributed by atoms with E-state index in [1.54, 1.807) is 25.3 Å². The van der Waals surface area contributed by atoms with Crippen molar-refractivity contribution in [1.29, 1.82) is 5.26 Å². The summed E-state index contributed by atoms with van der Waals surface area (Å²) in [5, 5.41) is 9.57. The Labute approximate surface area is 140 Å². The molecule has 0 fully saturated rings. The molecule has 1 aromatic carbocycles. The maximum absolute atomic E-state index is 12.5. The molecule has 1 heterocycles. The minimum atomic E-state index is -0.576. The van der Waals surface area contributed by atoms with Crippen LogP contribution in [0.4, 0.5) is 0 Å². The van der Waals surface area contributed by atoms with Gasteiger partial charge in [0.2, 0.25) is 5.88 Å². The van der Waals surface area contributed by atoms with Crippen LogP contribution < -0.4 is 15.2 Å². The number of hydrogen-bond acceptors (Lipinski definition) is 6. The minimum absolute atomic E-state index is 0.0145. The Morgan fingerprint density at radius 3 is 2.75 bits per heavy atom. The topological polar surface area (TPSA) is 94.6 Å². The molecule has 0 radical (unpaired) electrons. The Morgan fingerprint density at radius 2 is 2.08 bits per heavy atom. The zero-order valence-corrected chi connectivity index (χ0v) is 13.6. The van der Waals surface area contributed by atoms with E-state index in [1.165, 1.54) is 7.11 Å². The number of carbonyl (C=O) groups excluding carboxylic acids is 1. The number of nitriles is 1. The van der Waals surface area contributed by atoms with Gasteiger partial charge in [0.15, 0.2) is 5.78 Å². The molecule has 1 aliphatic heterocycles. The summed E-state index contributed by atoms with van der Waals surface area (Å²) in [4.78, 5) is 12.5. The van der Waals surface area contributed by atoms with E-state index in [2.05, 4.69) is 6.07 Å². The molecule has 124 valence electrons. The van der Waals surface area contributed by atoms with Crippen molar-refractivity contribution in [3.63, 3.8) is 0 Å². The van der Waals surface area contributed by atoms with Crippen molar-refractivity contribution in [2.45, 2.75) is 25.2 Å². The van der Waals surface area contributed by atoms with Crippen LogP contribution >= 0.6 is 0 Å². The highest BCUT2D eigenvalue weighted by Crippen LogP contribution is 2.46. The number of methoxy groups -OCH3 is 2. The predicted octanol–water partition coefficient (Wildman–Crippen LogP) is 2.52. The maximum atomic E-state index is 12.5. The number of Topliss-reactive ketones (excluding diaryl/α,β-unsaturated/α-hetero) is 1. The number of ether oxygens (including phenoxy) is 3. The van der Waals surface area contributed by atoms with Crippen LogP contribution in [0.5, 0.6) is 11.5 Å². The summed E-state index contributed by atoms with van der Waals surface area (Å²) < 4.78 is 16.2. The Balaban J connectivity index is 2.21. The van der Waals surface area contributed by atoms with Gasteiger partial charge in [-0.15, -0.1) is 0 Å². The molecular formula is C18H18N2O4. The van der Waals surface area contributed by atoms with Crippen LogP contribution in [-0.4, -0.2) is 20.0 Å². The SMILES string of the molecule is COc1ccc([C@H]2C(C#N)=C(N)OC3=C2C(=O)CCC3)c(OC)c1. The van der Waals surface area contributed by atoms with E-state index in [0.29, 0.717) is 41.2 Å². The second-order valence-electron chi connectivity index (χ2n) is 5.65. The van der Waals surface area contributed by atoms with Crippen LogP contribution in [0.15, 0.2) is 41.0 Å². The smallest absolute Gasteiger partial charge is 0.205 e. The van der Waals surface area contributed by atoms with Crippen LogP contribution in [0.1, 0.15) is 30.7 Å². The molecule has 0 bridgehead atoms. The van der Waals surface area contributed by atoms with E-state index in [0.717, 1.165) is 6.42 Å². The molecule has 6 nitrogen and oxygen atoms in total. The van der Waals surface area contributed by atoms with Crippen LogP contribution in [0.3, 0.4) is 0 Å². The summed E-state index contributed by atoms with van der Waals surface area (Å²) in [6.45, 7) is 0. The monoisotopic (exact) mass is 326 g/mol. The maximum Gasteiger partial charge on any atom is 0.205 e. The van der Waals surface area contributed by atoms with Gasteiger partial charge in [0.1, 0.15) is 28.9 Å². The fraction of sp³-hybridized carbons (Fsp3) is 0.333. The standard InChI is InChI=1S/C18H18N2O4/c1-22-10-6-7-11(15(8-10)23-2)16-12(9-19)18(20)24-14-5-3-4-13(21)17(14)16/h6-8,16H,3-5,20H2,1-2H3/t16-/m0/s1. The molecule has 0 spiro atoms. The largest absolute Gasteiger partial charge is 0.497 e. The number of carbonyl (C=O) groups is 1. The van der Waals surface area contributed by atoms with Crippen molar-refractivity contribution < 1.29 is 19.0 Å². The molecule has 0 saturated heterocycles. The molecule has 1 aromatic rings. The number of nitrogens with two attached hydrogens (primary N) is 1. The highest BCUT2D eigenvalue weighted by Gasteiger charge is 2.39. The Morgan fingerprint density at radius 1 is 1.29 bits per heavy atom. The summed E-state index contributed by atoms with van der Waals surface area (Å²) in [6.07, 6.45) is 1.80. The summed E-state index contributed by atoms with van der Waals surface area (Å²) in [5.74, 6) is 1.18. The van der Waals surface area contributed by atoms with Crippen LogP contribution in [-0.2, 0) is 9.53 Å². The number of benzene rings is 1. The zero-order chi connectivity index (χ0) is 17.3. The first-order chi connectivity index (χ1) is 11.6. The van der Waals surface area contributed by atoms with Gasteiger partial charge in [-0.25, -0.2) is 0 Å². The van der Waals surface area contributed by atoms with Crippen molar-refractivity contribution in [2.75, 3.05) is 14.2 Å². The average Bonchev–Trinajstić information content (AvgIpc) is 2.60. The average molecular weight is 326 g/mol. The van der Waals surface area contributed by atoms with Gasteiger partial charge >= 0.3 is 0 Å². The zero-order valence-electron chi connectivity index (χ0n) is 13.6. The predicted molar refractivity (Wildman–Crippen MR) is 86.1 cm³/mol. The minimum Gasteiger partial charge on any atom is -0.497 e. The summed E-state index contributed by atoms with van der Waals surface area (Å²) in [7, 11) is 3.10. The molecule has 1 atom stereocenters. The van der Waals surface area contributed by atoms with Gasteiger partial charge < -0.3 is 19.9 Å². The molecule has 6 heteroatoms. The number of ketones is 1. The van der Waals surface area contributed by atoms with E-state index in [9.17, 15) is 10.1 Å². The van der Waals surface area contributed by atoms with Crippen molar-refractivity contribution in [1.82, 2.24) is 0 Å². The third-order valence-electron chi connectivity index (χ3n) is 4.36. The van der Waals surface area contributed by atoms with Crippen LogP contribution in [0.2, 0.25) is 0 Å². The molecule has 2 aliphatic rings. The number of rotatable bonds is 3. The van der Waals surface area contributed by atoms with E-state index < -0.39 is 5.92 Å². The lowest BCUT2D eigenvalue weighted by molar-refractivity contribution is -0.116. The Bertz CT molecular complexity index is 802. The first-order valence-electron chi connectivity index (χ1n) is 7.66. The molecule has 0 amide bonds. The molecule has 0 unspecified atom stereocenters. The first-order valence-corrected chi connectivity index (χ1v) is 7.66. The summed E-state index contributed by atoms with van der Waals surface area (Å²) >= 11 is 0. The van der Waals surface area contributed by atoms with Crippen molar-refractivity contribution in [3.8, 4) is 17.6 Å². The summed E-state index contributed by atoms with van der Waals surface area (Å²) in [6, 6.07) is 7.38. The fourth-order valence-corrected chi connectivity index (χ4v) is 3.22. The van der Waals surface area contributed by atoms with Gasteiger partial charge in [0.05, 0.1) is 20.1 Å². The first kappa shape index (κ1) is 15.9. The molecule has 24 heavy (non-hydrogen) atoms. The molecule has 1 aliphatic carbocycles. The lowest BCUT2D eigenvalue weighted by atomic mass is 9.77. The molecule has 0 aromatic heterocycles. The summed E-state index contributed by atoms with van der Waals surface area (Å²) in [5.41, 5.74) is 7.38. The van der Waals surface area contributed by atoms with Gasteiger partial charge in [-0.2, -0.15) is 5.26 Å². The van der Waals surface area contributed by atoms with Gasteiger partial charge in [-0.05, 0) is 12.5 Å². The number of hydrogen-bond donors (Lipinski definition) is 1. The highest BCUT2D eigenvalue weighted by atomic mass is 16.5. The second kappa shape index (κ2) is 6.28. The van der Waals surface area contributed by atoms with E-state index in [1.807, 2.05) is 0 Å². The van der Waals surface area contributed by atoms with Gasteiger partial charge in [0.25, 0.3) is 0 Å². The lowest BCUT2D eigenvalue weighted by Crippen LogP contribution is -2.27. The number of allylic oxidation sites excluding steroid dienone is 3. The molecule has 0 saturated carbocycles. The van der Waals surface area contributed by atoms with Crippen molar-refractivity contribution >= 4 is 5.78 Å². The van der Waals surface area contributed by atoms with E-state index in [4.69, 9.17) is 19.9 Å². The molecule has 3 rings (SSSR count). The van der Waals surface area contributed by atoms with Crippen molar-refractivity contribution in [3.05, 3.63) is 46.6 Å². The normalized spacial score (nSPS) is 20.2. The molecule has 2 N–H and O–H groups in total. The van der Waals surface area contributed by atoms with Crippen molar-refractivity contribution in [2.24, 2.45) is 5.73 Å². The fourth-order valence-electron chi connectivity index (χ4n) is 3.22. The Kier molecular flexibility index (Phi) is 4.17. The number of nitrogens with zero attached hydrogens (tertiary/aromatic N) is 1. The van der Waals surface area contributed by atoms with Gasteiger partial charge in [-0.3, -0.25) is 4.79 Å². The van der Waals surface area contributed by atoms with E-state index in [-0.39, 0.29) is 17.2 Å². The lowest BCUT2D eigenvalue weighted by Gasteiger charge is -2.31. The quantitative estimate of drug-likeness (QED) is 0.917. The van der Waals surface area contributed by atoms with Crippen LogP contribution in [0, 0.1) is 11.3 Å². The third-order valence-corrected chi connectivity index (χ3v) is 4.36. The van der Waals surface area contributed by atoms with Gasteiger partial charge in [0, 0.05) is 30.0 Å². The van der Waals surface area contributed by atoms with E-state index >= 15 is 0 Å².